The molecule has 1 saturated heterocycles. The van der Waals surface area contributed by atoms with Gasteiger partial charge in [0.2, 0.25) is 11.8 Å². The Balaban J connectivity index is 3.10. The average Bonchev–Trinajstić information content (AvgIpc) is 2.48. The quantitative estimate of drug-likeness (QED) is 0.819. The first-order valence-electron chi connectivity index (χ1n) is 7.73. The van der Waals surface area contributed by atoms with Gasteiger partial charge in [0.1, 0.15) is 12.1 Å². The normalized spacial score (nSPS) is 26.6. The highest BCUT2D eigenvalue weighted by Crippen LogP contribution is 2.24. The van der Waals surface area contributed by atoms with Crippen molar-refractivity contribution < 1.29 is 9.59 Å². The third kappa shape index (κ3) is 4.00. The fourth-order valence-electron chi connectivity index (χ4n) is 2.65. The molecular formula is C16H27ClN2O2. The van der Waals surface area contributed by atoms with E-state index in [2.05, 4.69) is 5.32 Å². The van der Waals surface area contributed by atoms with Crippen molar-refractivity contribution in [2.24, 2.45) is 11.8 Å². The molecule has 0 spiro atoms. The lowest BCUT2D eigenvalue weighted by Crippen LogP contribution is -2.66. The molecule has 1 aliphatic heterocycles. The predicted molar refractivity (Wildman–Crippen MR) is 86.0 cm³/mol. The summed E-state index contributed by atoms with van der Waals surface area (Å²) in [7, 11) is 0. The molecule has 0 bridgehead atoms. The topological polar surface area (TPSA) is 49.4 Å². The molecule has 0 aromatic heterocycles. The maximum atomic E-state index is 12.8. The third-order valence-corrected chi connectivity index (χ3v) is 4.83. The Morgan fingerprint density at radius 3 is 2.33 bits per heavy atom. The minimum atomic E-state index is -0.425. The number of amides is 2. The maximum Gasteiger partial charge on any atom is 0.246 e. The van der Waals surface area contributed by atoms with Crippen LogP contribution in [0.3, 0.4) is 0 Å². The van der Waals surface area contributed by atoms with Crippen LogP contribution in [0.1, 0.15) is 47.5 Å². The molecule has 2 amide bonds. The minimum absolute atomic E-state index is 0.00659. The Kier molecular flexibility index (Phi) is 6.72. The van der Waals surface area contributed by atoms with Crippen molar-refractivity contribution in [1.29, 1.82) is 0 Å². The fraction of sp³-hybridized carbons (Fsp3) is 0.750. The smallest absolute Gasteiger partial charge is 0.246 e. The lowest BCUT2D eigenvalue weighted by Gasteiger charge is -2.43. The van der Waals surface area contributed by atoms with E-state index in [0.717, 1.165) is 18.4 Å². The largest absolute Gasteiger partial charge is 0.342 e. The molecule has 4 nitrogen and oxygen atoms in total. The van der Waals surface area contributed by atoms with Crippen LogP contribution in [0, 0.1) is 11.8 Å². The van der Waals surface area contributed by atoms with E-state index in [4.69, 9.17) is 11.6 Å². The molecule has 1 aliphatic rings. The first-order chi connectivity index (χ1) is 9.87. The molecule has 4 unspecified atom stereocenters. The van der Waals surface area contributed by atoms with Gasteiger partial charge in [0, 0.05) is 12.1 Å². The van der Waals surface area contributed by atoms with Gasteiger partial charge in [-0.05, 0) is 24.3 Å². The molecule has 5 heteroatoms. The van der Waals surface area contributed by atoms with Crippen molar-refractivity contribution in [3.8, 4) is 0 Å². The molecule has 1 rings (SSSR count). The molecule has 4 atom stereocenters. The molecule has 1 heterocycles. The van der Waals surface area contributed by atoms with Gasteiger partial charge in [0.05, 0.1) is 0 Å². The summed E-state index contributed by atoms with van der Waals surface area (Å²) in [4.78, 5) is 27.0. The molecule has 0 saturated carbocycles. The Morgan fingerprint density at radius 1 is 1.29 bits per heavy atom. The van der Waals surface area contributed by atoms with Gasteiger partial charge in [-0.2, -0.15) is 0 Å². The fourth-order valence-corrected chi connectivity index (χ4v) is 2.72. The third-order valence-electron chi connectivity index (χ3n) is 4.45. The summed E-state index contributed by atoms with van der Waals surface area (Å²) in [6.07, 6.45) is 1.70. The van der Waals surface area contributed by atoms with Gasteiger partial charge >= 0.3 is 0 Å². The van der Waals surface area contributed by atoms with Crippen LogP contribution < -0.4 is 5.32 Å². The van der Waals surface area contributed by atoms with Crippen LogP contribution in [0.15, 0.2) is 11.1 Å². The second kappa shape index (κ2) is 7.83. The Hall–Kier alpha value is -1.03. The Labute approximate surface area is 132 Å². The van der Waals surface area contributed by atoms with Crippen molar-refractivity contribution >= 4 is 23.4 Å². The summed E-state index contributed by atoms with van der Waals surface area (Å²) in [5.41, 5.74) is 2.36. The molecule has 0 aliphatic carbocycles. The van der Waals surface area contributed by atoms with E-state index in [9.17, 15) is 9.59 Å². The number of hydrogen-bond acceptors (Lipinski definition) is 2. The molecule has 0 aromatic rings. The number of carbonyl (C=O) groups is 2. The first-order valence-corrected chi connectivity index (χ1v) is 8.17. The second-order valence-electron chi connectivity index (χ2n) is 6.12. The van der Waals surface area contributed by atoms with Crippen LogP contribution in [0.25, 0.3) is 0 Å². The van der Waals surface area contributed by atoms with Crippen LogP contribution in [-0.4, -0.2) is 35.3 Å². The second-order valence-corrected chi connectivity index (χ2v) is 6.34. The molecule has 1 N–H and O–H groups in total. The Morgan fingerprint density at radius 2 is 1.86 bits per heavy atom. The number of piperazine rings is 1. The van der Waals surface area contributed by atoms with Gasteiger partial charge in [-0.1, -0.05) is 52.1 Å². The first kappa shape index (κ1) is 18.0. The van der Waals surface area contributed by atoms with Crippen molar-refractivity contribution in [3.05, 3.63) is 11.1 Å². The van der Waals surface area contributed by atoms with Gasteiger partial charge in [0.25, 0.3) is 0 Å². The van der Waals surface area contributed by atoms with E-state index >= 15 is 0 Å². The molecule has 0 radical (unpaired) electrons. The SMILES string of the molecule is CCC(C)C1NC(=O)C(C(C)CC)N(CC(C)=CCl)C1=O. The van der Waals surface area contributed by atoms with Crippen LogP contribution in [0.4, 0.5) is 0 Å². The molecule has 1 fully saturated rings. The zero-order chi connectivity index (χ0) is 16.2. The highest BCUT2D eigenvalue weighted by molar-refractivity contribution is 6.25. The monoisotopic (exact) mass is 314 g/mol. The van der Waals surface area contributed by atoms with E-state index in [0.29, 0.717) is 6.54 Å². The zero-order valence-electron chi connectivity index (χ0n) is 13.6. The highest BCUT2D eigenvalue weighted by Gasteiger charge is 2.43. The summed E-state index contributed by atoms with van der Waals surface area (Å²) in [6.45, 7) is 10.4. The van der Waals surface area contributed by atoms with E-state index in [1.54, 1.807) is 4.90 Å². The number of rotatable bonds is 6. The van der Waals surface area contributed by atoms with Gasteiger partial charge in [-0.3, -0.25) is 9.59 Å². The molecule has 0 aromatic carbocycles. The number of nitrogens with one attached hydrogen (secondary N) is 1. The van der Waals surface area contributed by atoms with E-state index < -0.39 is 12.1 Å². The van der Waals surface area contributed by atoms with Crippen molar-refractivity contribution in [3.63, 3.8) is 0 Å². The Bertz CT molecular complexity index is 423. The number of nitrogens with zero attached hydrogens (tertiary/aromatic N) is 1. The number of carbonyl (C=O) groups excluding carboxylic acids is 2. The lowest BCUT2D eigenvalue weighted by atomic mass is 9.89. The van der Waals surface area contributed by atoms with Gasteiger partial charge in [0.15, 0.2) is 0 Å². The standard InChI is InChI=1S/C16H27ClN2O2/c1-6-11(4)13-16(21)19(9-10(3)8-17)14(12(5)7-2)15(20)18-13/h8,11-14H,6-7,9H2,1-5H3,(H,18,20). The van der Waals surface area contributed by atoms with Gasteiger partial charge in [-0.15, -0.1) is 0 Å². The molecular weight excluding hydrogens is 288 g/mol. The number of hydrogen-bond donors (Lipinski definition) is 1. The van der Waals surface area contributed by atoms with Gasteiger partial charge in [-0.25, -0.2) is 0 Å². The highest BCUT2D eigenvalue weighted by atomic mass is 35.5. The van der Waals surface area contributed by atoms with E-state index in [-0.39, 0.29) is 23.7 Å². The van der Waals surface area contributed by atoms with E-state index in [1.807, 2.05) is 34.6 Å². The summed E-state index contributed by atoms with van der Waals surface area (Å²) in [5, 5.41) is 2.92. The van der Waals surface area contributed by atoms with Crippen LogP contribution in [0.2, 0.25) is 0 Å². The van der Waals surface area contributed by atoms with Crippen LogP contribution in [0.5, 0.6) is 0 Å². The zero-order valence-corrected chi connectivity index (χ0v) is 14.4. The molecule has 21 heavy (non-hydrogen) atoms. The predicted octanol–water partition coefficient (Wildman–Crippen LogP) is 2.92. The summed E-state index contributed by atoms with van der Waals surface area (Å²) < 4.78 is 0. The van der Waals surface area contributed by atoms with Gasteiger partial charge < -0.3 is 10.2 Å². The van der Waals surface area contributed by atoms with Crippen LogP contribution >= 0.6 is 11.6 Å². The number of halogens is 1. The average molecular weight is 315 g/mol. The van der Waals surface area contributed by atoms with Crippen molar-refractivity contribution in [2.75, 3.05) is 6.54 Å². The summed E-state index contributed by atoms with van der Waals surface area (Å²) in [6, 6.07) is -0.833. The van der Waals surface area contributed by atoms with E-state index in [1.165, 1.54) is 5.54 Å². The maximum absolute atomic E-state index is 12.8. The molecule has 120 valence electrons. The summed E-state index contributed by atoms with van der Waals surface area (Å²) in [5.74, 6) is 0.209. The minimum Gasteiger partial charge on any atom is -0.342 e. The lowest BCUT2D eigenvalue weighted by molar-refractivity contribution is -0.152. The van der Waals surface area contributed by atoms with Crippen molar-refractivity contribution in [2.45, 2.75) is 59.5 Å². The van der Waals surface area contributed by atoms with Crippen molar-refractivity contribution in [1.82, 2.24) is 10.2 Å². The summed E-state index contributed by atoms with van der Waals surface area (Å²) >= 11 is 5.74. The van der Waals surface area contributed by atoms with Crippen LogP contribution in [-0.2, 0) is 9.59 Å².